The Kier molecular flexibility index (Phi) is 3.83. The normalized spacial score (nSPS) is 18.1. The molecular formula is C12H10FN3O2S2. The van der Waals surface area contributed by atoms with Gasteiger partial charge in [0.25, 0.3) is 0 Å². The van der Waals surface area contributed by atoms with Crippen molar-refractivity contribution in [1.29, 1.82) is 0 Å². The van der Waals surface area contributed by atoms with Crippen LogP contribution >= 0.6 is 23.1 Å². The number of nitrogens with zero attached hydrogens (tertiary/aromatic N) is 2. The molecule has 104 valence electrons. The monoisotopic (exact) mass is 311 g/mol. The number of ether oxygens (including phenoxy) is 1. The van der Waals surface area contributed by atoms with Crippen molar-refractivity contribution in [3.05, 3.63) is 30.1 Å². The van der Waals surface area contributed by atoms with E-state index in [1.807, 2.05) is 0 Å². The molecule has 0 spiro atoms. The summed E-state index contributed by atoms with van der Waals surface area (Å²) in [5, 5.41) is 11.1. The van der Waals surface area contributed by atoms with Gasteiger partial charge < -0.3 is 10.1 Å². The molecule has 0 bridgehead atoms. The summed E-state index contributed by atoms with van der Waals surface area (Å²) in [6, 6.07) is 6.34. The Morgan fingerprint density at radius 1 is 1.40 bits per heavy atom. The first-order valence-corrected chi connectivity index (χ1v) is 7.60. The van der Waals surface area contributed by atoms with Crippen LogP contribution in [-0.4, -0.2) is 28.0 Å². The maximum absolute atomic E-state index is 13.5. The number of aromatic nitrogens is 2. The third-order valence-electron chi connectivity index (χ3n) is 2.65. The molecule has 1 atom stereocenters. The fraction of sp³-hybridized carbons (Fsp3) is 0.250. The largest absolute Gasteiger partial charge is 0.465 e. The molecular weight excluding hydrogens is 301 g/mol. The Bertz CT molecular complexity index is 635. The quantitative estimate of drug-likeness (QED) is 0.876. The van der Waals surface area contributed by atoms with Gasteiger partial charge in [0, 0.05) is 6.42 Å². The zero-order valence-electron chi connectivity index (χ0n) is 10.2. The number of hydrogen-bond acceptors (Lipinski definition) is 7. The van der Waals surface area contributed by atoms with Gasteiger partial charge in [-0.25, -0.2) is 4.39 Å². The summed E-state index contributed by atoms with van der Waals surface area (Å²) in [5.74, 6) is -0.565. The molecule has 20 heavy (non-hydrogen) atoms. The van der Waals surface area contributed by atoms with Crippen LogP contribution < -0.4 is 5.32 Å². The second-order valence-corrected chi connectivity index (χ2v) is 6.47. The number of benzene rings is 1. The minimum atomic E-state index is -0.351. The zero-order chi connectivity index (χ0) is 13.9. The van der Waals surface area contributed by atoms with Gasteiger partial charge in [0.15, 0.2) is 4.34 Å². The van der Waals surface area contributed by atoms with Crippen molar-refractivity contribution in [2.24, 2.45) is 0 Å². The number of para-hydroxylation sites is 1. The third kappa shape index (κ3) is 2.91. The molecule has 3 rings (SSSR count). The SMILES string of the molecule is O=C1OCC[C@@H]1Sc1nnc(Nc2ccccc2F)s1. The van der Waals surface area contributed by atoms with Gasteiger partial charge in [-0.2, -0.15) is 0 Å². The van der Waals surface area contributed by atoms with Gasteiger partial charge in [0.1, 0.15) is 11.1 Å². The highest BCUT2D eigenvalue weighted by Crippen LogP contribution is 2.34. The van der Waals surface area contributed by atoms with Crippen LogP contribution in [0.3, 0.4) is 0 Å². The smallest absolute Gasteiger partial charge is 0.319 e. The molecule has 0 saturated carbocycles. The van der Waals surface area contributed by atoms with Crippen molar-refractivity contribution in [2.45, 2.75) is 16.0 Å². The molecule has 5 nitrogen and oxygen atoms in total. The van der Waals surface area contributed by atoms with Crippen LogP contribution in [-0.2, 0) is 9.53 Å². The number of anilines is 2. The van der Waals surface area contributed by atoms with Crippen molar-refractivity contribution >= 4 is 39.9 Å². The highest BCUT2D eigenvalue weighted by molar-refractivity contribution is 8.02. The molecule has 2 heterocycles. The molecule has 1 aromatic carbocycles. The van der Waals surface area contributed by atoms with Crippen molar-refractivity contribution in [3.8, 4) is 0 Å². The highest BCUT2D eigenvalue weighted by atomic mass is 32.2. The van der Waals surface area contributed by atoms with E-state index in [1.54, 1.807) is 18.2 Å². The lowest BCUT2D eigenvalue weighted by Crippen LogP contribution is -2.08. The van der Waals surface area contributed by atoms with E-state index in [2.05, 4.69) is 15.5 Å². The van der Waals surface area contributed by atoms with Gasteiger partial charge in [0.2, 0.25) is 5.13 Å². The van der Waals surface area contributed by atoms with E-state index >= 15 is 0 Å². The molecule has 1 aliphatic rings. The van der Waals surface area contributed by atoms with E-state index in [-0.39, 0.29) is 17.0 Å². The second kappa shape index (κ2) is 5.76. The standard InChI is InChI=1S/C12H10FN3O2S2/c13-7-3-1-2-4-8(7)14-11-15-16-12(20-11)19-9-5-6-18-10(9)17/h1-4,9H,5-6H2,(H,14,15)/t9-/m0/s1. The molecule has 1 saturated heterocycles. The molecule has 1 fully saturated rings. The third-order valence-corrected chi connectivity index (χ3v) is 4.82. The molecule has 1 aliphatic heterocycles. The molecule has 2 aromatic rings. The van der Waals surface area contributed by atoms with E-state index in [9.17, 15) is 9.18 Å². The highest BCUT2D eigenvalue weighted by Gasteiger charge is 2.28. The summed E-state index contributed by atoms with van der Waals surface area (Å²) in [5.41, 5.74) is 0.348. The van der Waals surface area contributed by atoms with E-state index < -0.39 is 0 Å². The summed E-state index contributed by atoms with van der Waals surface area (Å²) >= 11 is 2.61. The van der Waals surface area contributed by atoms with Crippen molar-refractivity contribution in [3.63, 3.8) is 0 Å². The van der Waals surface area contributed by atoms with E-state index in [1.165, 1.54) is 29.2 Å². The van der Waals surface area contributed by atoms with Crippen LogP contribution in [0.4, 0.5) is 15.2 Å². The number of thioether (sulfide) groups is 1. The summed E-state index contributed by atoms with van der Waals surface area (Å²) in [7, 11) is 0. The molecule has 1 aromatic heterocycles. The summed E-state index contributed by atoms with van der Waals surface area (Å²) in [6.45, 7) is 0.454. The van der Waals surface area contributed by atoms with Gasteiger partial charge in [-0.15, -0.1) is 10.2 Å². The fourth-order valence-electron chi connectivity index (χ4n) is 1.69. The lowest BCUT2D eigenvalue weighted by atomic mass is 10.3. The van der Waals surface area contributed by atoms with Crippen LogP contribution in [0.5, 0.6) is 0 Å². The predicted octanol–water partition coefficient (Wildman–Crippen LogP) is 2.83. The van der Waals surface area contributed by atoms with Gasteiger partial charge in [-0.05, 0) is 12.1 Å². The lowest BCUT2D eigenvalue weighted by Gasteiger charge is -2.02. The first-order valence-electron chi connectivity index (χ1n) is 5.91. The number of esters is 1. The Hall–Kier alpha value is -1.67. The van der Waals surface area contributed by atoms with Gasteiger partial charge in [-0.1, -0.05) is 35.2 Å². The predicted molar refractivity (Wildman–Crippen MR) is 74.8 cm³/mol. The number of hydrogen-bond donors (Lipinski definition) is 1. The van der Waals surface area contributed by atoms with Gasteiger partial charge >= 0.3 is 5.97 Å². The number of nitrogens with one attached hydrogen (secondary N) is 1. The van der Waals surface area contributed by atoms with E-state index in [0.29, 0.717) is 28.2 Å². The Balaban J connectivity index is 1.68. The number of cyclic esters (lactones) is 1. The Morgan fingerprint density at radius 3 is 3.00 bits per heavy atom. The van der Waals surface area contributed by atoms with Gasteiger partial charge in [-0.3, -0.25) is 4.79 Å². The van der Waals surface area contributed by atoms with Crippen LogP contribution in [0, 0.1) is 5.82 Å². The first kappa shape index (κ1) is 13.3. The zero-order valence-corrected chi connectivity index (χ0v) is 11.8. The van der Waals surface area contributed by atoms with Crippen LogP contribution in [0.25, 0.3) is 0 Å². The minimum Gasteiger partial charge on any atom is -0.465 e. The molecule has 0 radical (unpaired) electrons. The topological polar surface area (TPSA) is 64.1 Å². The Labute approximate surface area is 122 Å². The summed E-state index contributed by atoms with van der Waals surface area (Å²) < 4.78 is 19.0. The average molecular weight is 311 g/mol. The first-order chi connectivity index (χ1) is 9.72. The number of rotatable bonds is 4. The molecule has 0 unspecified atom stereocenters. The molecule has 0 aliphatic carbocycles. The van der Waals surface area contributed by atoms with Crippen LogP contribution in [0.15, 0.2) is 28.6 Å². The van der Waals surface area contributed by atoms with Crippen LogP contribution in [0.1, 0.15) is 6.42 Å². The second-order valence-electron chi connectivity index (χ2n) is 4.04. The van der Waals surface area contributed by atoms with Crippen molar-refractivity contribution in [1.82, 2.24) is 10.2 Å². The summed E-state index contributed by atoms with van der Waals surface area (Å²) in [4.78, 5) is 11.4. The minimum absolute atomic E-state index is 0.214. The van der Waals surface area contributed by atoms with E-state index in [4.69, 9.17) is 4.74 Å². The lowest BCUT2D eigenvalue weighted by molar-refractivity contribution is -0.137. The molecule has 0 amide bonds. The van der Waals surface area contributed by atoms with E-state index in [0.717, 1.165) is 0 Å². The number of carbonyl (C=O) groups excluding carboxylic acids is 1. The summed E-state index contributed by atoms with van der Waals surface area (Å²) in [6.07, 6.45) is 0.680. The van der Waals surface area contributed by atoms with Crippen molar-refractivity contribution in [2.75, 3.05) is 11.9 Å². The average Bonchev–Trinajstić information content (AvgIpc) is 3.03. The number of halogens is 1. The van der Waals surface area contributed by atoms with Gasteiger partial charge in [0.05, 0.1) is 12.3 Å². The fourth-order valence-corrected chi connectivity index (χ4v) is 3.67. The van der Waals surface area contributed by atoms with Crippen LogP contribution in [0.2, 0.25) is 0 Å². The number of carbonyl (C=O) groups is 1. The molecule has 8 heteroatoms. The molecule has 1 N–H and O–H groups in total. The van der Waals surface area contributed by atoms with Crippen molar-refractivity contribution < 1.29 is 13.9 Å². The maximum atomic E-state index is 13.5. The Morgan fingerprint density at radius 2 is 2.25 bits per heavy atom. The maximum Gasteiger partial charge on any atom is 0.319 e.